The summed E-state index contributed by atoms with van der Waals surface area (Å²) >= 11 is 0. The summed E-state index contributed by atoms with van der Waals surface area (Å²) in [6.45, 7) is 3.23. The first kappa shape index (κ1) is 15.0. The van der Waals surface area contributed by atoms with Crippen molar-refractivity contribution in [3.05, 3.63) is 42.1 Å². The van der Waals surface area contributed by atoms with E-state index in [0.717, 1.165) is 22.7 Å². The van der Waals surface area contributed by atoms with Crippen LogP contribution in [0.1, 0.15) is 12.5 Å². The first-order valence-corrected chi connectivity index (χ1v) is 6.80. The van der Waals surface area contributed by atoms with E-state index in [1.165, 1.54) is 0 Å². The lowest BCUT2D eigenvalue weighted by Crippen LogP contribution is -2.01. The summed E-state index contributed by atoms with van der Waals surface area (Å²) in [4.78, 5) is 4.17. The van der Waals surface area contributed by atoms with Gasteiger partial charge in [0.1, 0.15) is 0 Å². The number of rotatable bonds is 7. The van der Waals surface area contributed by atoms with E-state index in [-0.39, 0.29) is 0 Å². The van der Waals surface area contributed by atoms with E-state index < -0.39 is 0 Å². The van der Waals surface area contributed by atoms with Crippen LogP contribution in [0.3, 0.4) is 0 Å². The Balaban J connectivity index is 2.01. The van der Waals surface area contributed by atoms with Gasteiger partial charge in [0.15, 0.2) is 11.5 Å². The molecule has 1 aromatic carbocycles. The highest BCUT2D eigenvalue weighted by atomic mass is 16.5. The molecule has 21 heavy (non-hydrogen) atoms. The van der Waals surface area contributed by atoms with E-state index in [9.17, 15) is 0 Å². The summed E-state index contributed by atoms with van der Waals surface area (Å²) in [5.74, 6) is 2.08. The molecule has 2 rings (SSSR count). The average Bonchev–Trinajstić information content (AvgIpc) is 2.54. The third-order valence-corrected chi connectivity index (χ3v) is 2.97. The van der Waals surface area contributed by atoms with Gasteiger partial charge in [-0.15, -0.1) is 0 Å². The normalized spacial score (nSPS) is 10.0. The van der Waals surface area contributed by atoms with Gasteiger partial charge >= 0.3 is 0 Å². The number of ether oxygens (including phenoxy) is 3. The fraction of sp³-hybridized carbons (Fsp3) is 0.312. The Morgan fingerprint density at radius 2 is 1.90 bits per heavy atom. The smallest absolute Gasteiger partial charge is 0.212 e. The topological polar surface area (TPSA) is 52.6 Å². The molecule has 0 spiro atoms. The average molecular weight is 288 g/mol. The molecule has 0 bridgehead atoms. The van der Waals surface area contributed by atoms with E-state index in [1.54, 1.807) is 20.4 Å². The Hall–Kier alpha value is -2.43. The van der Waals surface area contributed by atoms with Gasteiger partial charge in [-0.1, -0.05) is 6.07 Å². The van der Waals surface area contributed by atoms with Crippen molar-refractivity contribution < 1.29 is 14.2 Å². The molecule has 2 aromatic rings. The highest BCUT2D eigenvalue weighted by Crippen LogP contribution is 2.30. The predicted octanol–water partition coefficient (Wildman–Crippen LogP) is 3.11. The van der Waals surface area contributed by atoms with Crippen molar-refractivity contribution >= 4 is 5.69 Å². The van der Waals surface area contributed by atoms with Crippen LogP contribution in [0.4, 0.5) is 5.69 Å². The summed E-state index contributed by atoms with van der Waals surface area (Å²) in [6, 6.07) is 9.60. The molecule has 0 unspecified atom stereocenters. The maximum absolute atomic E-state index is 5.49. The summed E-state index contributed by atoms with van der Waals surface area (Å²) in [5.41, 5.74) is 2.04. The van der Waals surface area contributed by atoms with Crippen molar-refractivity contribution in [1.82, 2.24) is 4.98 Å². The van der Waals surface area contributed by atoms with Crippen molar-refractivity contribution in [3.8, 4) is 17.4 Å². The molecule has 0 aliphatic carbocycles. The molecule has 0 fully saturated rings. The molecular weight excluding hydrogens is 268 g/mol. The van der Waals surface area contributed by atoms with Gasteiger partial charge in [0.2, 0.25) is 5.88 Å². The van der Waals surface area contributed by atoms with E-state index >= 15 is 0 Å². The Morgan fingerprint density at radius 1 is 1.05 bits per heavy atom. The molecule has 0 aliphatic rings. The number of benzene rings is 1. The maximum Gasteiger partial charge on any atom is 0.212 e. The van der Waals surface area contributed by atoms with Gasteiger partial charge in [0, 0.05) is 30.6 Å². The van der Waals surface area contributed by atoms with Gasteiger partial charge in [0.05, 0.1) is 20.8 Å². The number of nitrogens with one attached hydrogen (secondary N) is 1. The third-order valence-electron chi connectivity index (χ3n) is 2.97. The number of hydrogen-bond acceptors (Lipinski definition) is 5. The minimum atomic E-state index is 0.612. The lowest BCUT2D eigenvalue weighted by atomic mass is 10.2. The first-order valence-electron chi connectivity index (χ1n) is 6.80. The molecule has 0 aliphatic heterocycles. The van der Waals surface area contributed by atoms with Crippen LogP contribution in [0.5, 0.6) is 17.4 Å². The molecule has 1 aromatic heterocycles. The second-order valence-electron chi connectivity index (χ2n) is 4.36. The highest BCUT2D eigenvalue weighted by molar-refractivity contribution is 5.55. The summed E-state index contributed by atoms with van der Waals surface area (Å²) < 4.78 is 15.9. The molecular formula is C16H20N2O3. The maximum atomic E-state index is 5.49. The third kappa shape index (κ3) is 4.02. The second kappa shape index (κ2) is 7.38. The monoisotopic (exact) mass is 288 g/mol. The Bertz CT molecular complexity index is 570. The molecule has 0 radical (unpaired) electrons. The van der Waals surface area contributed by atoms with Crippen LogP contribution < -0.4 is 19.5 Å². The Labute approximate surface area is 124 Å². The molecule has 112 valence electrons. The van der Waals surface area contributed by atoms with Gasteiger partial charge in [-0.3, -0.25) is 0 Å². The van der Waals surface area contributed by atoms with Gasteiger partial charge in [-0.2, -0.15) is 0 Å². The number of hydrogen-bond donors (Lipinski definition) is 1. The van der Waals surface area contributed by atoms with Crippen molar-refractivity contribution in [2.45, 2.75) is 13.5 Å². The summed E-state index contributed by atoms with van der Waals surface area (Å²) in [7, 11) is 3.24. The lowest BCUT2D eigenvalue weighted by molar-refractivity contribution is 0.311. The number of methoxy groups -OCH3 is 2. The highest BCUT2D eigenvalue weighted by Gasteiger charge is 2.05. The second-order valence-corrected chi connectivity index (χ2v) is 4.36. The molecule has 0 saturated carbocycles. The van der Waals surface area contributed by atoms with Crippen molar-refractivity contribution in [3.63, 3.8) is 0 Å². The van der Waals surface area contributed by atoms with Crippen LogP contribution in [-0.4, -0.2) is 25.8 Å². The number of nitrogens with zero attached hydrogens (tertiary/aromatic N) is 1. The minimum Gasteiger partial charge on any atom is -0.493 e. The van der Waals surface area contributed by atoms with Crippen LogP contribution in [0.25, 0.3) is 0 Å². The summed E-state index contributed by atoms with van der Waals surface area (Å²) in [6.07, 6.45) is 1.79. The Kier molecular flexibility index (Phi) is 5.26. The van der Waals surface area contributed by atoms with Gasteiger partial charge in [-0.05, 0) is 24.6 Å². The Morgan fingerprint density at radius 3 is 2.52 bits per heavy atom. The molecule has 1 N–H and O–H groups in total. The first-order chi connectivity index (χ1) is 10.3. The number of pyridine rings is 1. The molecule has 5 heteroatoms. The van der Waals surface area contributed by atoms with Crippen LogP contribution in [0.15, 0.2) is 36.5 Å². The standard InChI is InChI=1S/C16H20N2O3/c1-4-21-14-7-6-13(9-15(14)19-2)17-10-12-5-8-16(20-3)18-11-12/h5-9,11,17H,4,10H2,1-3H3. The zero-order valence-electron chi connectivity index (χ0n) is 12.6. The SMILES string of the molecule is CCOc1ccc(NCc2ccc(OC)nc2)cc1OC. The largest absolute Gasteiger partial charge is 0.493 e. The molecule has 0 amide bonds. The van der Waals surface area contributed by atoms with Gasteiger partial charge in [0.25, 0.3) is 0 Å². The van der Waals surface area contributed by atoms with Crippen molar-refractivity contribution in [1.29, 1.82) is 0 Å². The molecule has 0 atom stereocenters. The van der Waals surface area contributed by atoms with Crippen LogP contribution >= 0.6 is 0 Å². The van der Waals surface area contributed by atoms with E-state index in [1.807, 2.05) is 37.3 Å². The lowest BCUT2D eigenvalue weighted by Gasteiger charge is -2.12. The van der Waals surface area contributed by atoms with E-state index in [0.29, 0.717) is 19.0 Å². The fourth-order valence-corrected chi connectivity index (χ4v) is 1.89. The predicted molar refractivity (Wildman–Crippen MR) is 82.3 cm³/mol. The number of aromatic nitrogens is 1. The summed E-state index contributed by atoms with van der Waals surface area (Å²) in [5, 5.41) is 3.33. The zero-order chi connectivity index (χ0) is 15.1. The van der Waals surface area contributed by atoms with Crippen molar-refractivity contribution in [2.24, 2.45) is 0 Å². The molecule has 0 saturated heterocycles. The van der Waals surface area contributed by atoms with Crippen LogP contribution in [-0.2, 0) is 6.54 Å². The zero-order valence-corrected chi connectivity index (χ0v) is 12.6. The van der Waals surface area contributed by atoms with E-state index in [4.69, 9.17) is 14.2 Å². The van der Waals surface area contributed by atoms with Crippen LogP contribution in [0, 0.1) is 0 Å². The molecule has 5 nitrogen and oxygen atoms in total. The van der Waals surface area contributed by atoms with E-state index in [2.05, 4.69) is 10.3 Å². The van der Waals surface area contributed by atoms with Gasteiger partial charge < -0.3 is 19.5 Å². The van der Waals surface area contributed by atoms with Crippen LogP contribution in [0.2, 0.25) is 0 Å². The molecule has 1 heterocycles. The van der Waals surface area contributed by atoms with Crippen molar-refractivity contribution in [2.75, 3.05) is 26.1 Å². The minimum absolute atomic E-state index is 0.612. The quantitative estimate of drug-likeness (QED) is 0.848. The number of anilines is 1. The van der Waals surface area contributed by atoms with Gasteiger partial charge in [-0.25, -0.2) is 4.98 Å². The fourth-order valence-electron chi connectivity index (χ4n) is 1.89.